The normalized spacial score (nSPS) is 9.50. The fraction of sp³-hybridized carbons (Fsp3) is 0.273. The zero-order valence-corrected chi connectivity index (χ0v) is 7.88. The molecule has 1 aromatic carbocycles. The van der Waals surface area contributed by atoms with Crippen molar-refractivity contribution in [2.75, 3.05) is 0 Å². The Morgan fingerprint density at radius 1 is 1.57 bits per heavy atom. The summed E-state index contributed by atoms with van der Waals surface area (Å²) in [7, 11) is 0. The maximum absolute atomic E-state index is 12.9. The Balaban J connectivity index is 2.82. The van der Waals surface area contributed by atoms with Gasteiger partial charge in [0.2, 0.25) is 0 Å². The lowest BCUT2D eigenvalue weighted by Crippen LogP contribution is -1.99. The topological polar surface area (TPSA) is 40.9 Å². The van der Waals surface area contributed by atoms with Gasteiger partial charge >= 0.3 is 0 Å². The van der Waals surface area contributed by atoms with E-state index in [2.05, 4.69) is 0 Å². The molecule has 2 nitrogen and oxygen atoms in total. The summed E-state index contributed by atoms with van der Waals surface area (Å²) in [5.41, 5.74) is 0.923. The van der Waals surface area contributed by atoms with Gasteiger partial charge in [-0.25, -0.2) is 4.39 Å². The second-order valence-electron chi connectivity index (χ2n) is 3.05. The molecule has 0 fully saturated rings. The van der Waals surface area contributed by atoms with Gasteiger partial charge in [-0.15, -0.1) is 0 Å². The lowest BCUT2D eigenvalue weighted by molar-refractivity contribution is 0.0984. The zero-order valence-electron chi connectivity index (χ0n) is 7.88. The molecule has 0 radical (unpaired) electrons. The number of rotatable bonds is 3. The van der Waals surface area contributed by atoms with Crippen LogP contribution in [0.4, 0.5) is 4.39 Å². The number of nitrogens with zero attached hydrogens (tertiary/aromatic N) is 1. The maximum Gasteiger partial charge on any atom is 0.163 e. The van der Waals surface area contributed by atoms with Crippen molar-refractivity contribution >= 4 is 5.78 Å². The predicted molar refractivity (Wildman–Crippen MR) is 50.3 cm³/mol. The number of carbonyl (C=O) groups excluding carboxylic acids is 1. The van der Waals surface area contributed by atoms with Gasteiger partial charge in [-0.3, -0.25) is 4.79 Å². The molecular weight excluding hydrogens is 181 g/mol. The van der Waals surface area contributed by atoms with E-state index >= 15 is 0 Å². The van der Waals surface area contributed by atoms with E-state index in [0.29, 0.717) is 11.1 Å². The van der Waals surface area contributed by atoms with Crippen molar-refractivity contribution in [3.63, 3.8) is 0 Å². The highest BCUT2D eigenvalue weighted by atomic mass is 19.1. The Kier molecular flexibility index (Phi) is 3.35. The lowest BCUT2D eigenvalue weighted by Gasteiger charge is -2.00. The first-order valence-corrected chi connectivity index (χ1v) is 4.31. The summed E-state index contributed by atoms with van der Waals surface area (Å²) in [6.07, 6.45) is 0.400. The number of ketones is 1. The number of Topliss-reactive ketones (excluding diaryl/α,β-unsaturated/α-hetero) is 1. The van der Waals surface area contributed by atoms with E-state index in [1.54, 1.807) is 6.92 Å². The van der Waals surface area contributed by atoms with Gasteiger partial charge in [0.05, 0.1) is 6.07 Å². The van der Waals surface area contributed by atoms with Crippen LogP contribution in [-0.4, -0.2) is 5.78 Å². The average molecular weight is 191 g/mol. The first kappa shape index (κ1) is 10.4. The van der Waals surface area contributed by atoms with Gasteiger partial charge < -0.3 is 0 Å². The summed E-state index contributed by atoms with van der Waals surface area (Å²) in [4.78, 5) is 11.4. The standard InChI is InChI=1S/C11H10FNO/c1-8-7-9(4-5-10(8)12)11(14)3-2-6-13/h4-5,7H,2-3H2,1H3. The van der Waals surface area contributed by atoms with E-state index in [1.807, 2.05) is 6.07 Å². The quantitative estimate of drug-likeness (QED) is 0.689. The molecule has 0 aromatic heterocycles. The molecule has 0 bridgehead atoms. The summed E-state index contributed by atoms with van der Waals surface area (Å²) in [5, 5.41) is 8.30. The number of hydrogen-bond acceptors (Lipinski definition) is 2. The summed E-state index contributed by atoms with van der Waals surface area (Å²) in [6, 6.07) is 6.13. The van der Waals surface area contributed by atoms with E-state index in [9.17, 15) is 9.18 Å². The Labute approximate surface area is 82.0 Å². The van der Waals surface area contributed by atoms with Crippen LogP contribution in [0.3, 0.4) is 0 Å². The molecule has 1 rings (SSSR count). The minimum atomic E-state index is -0.318. The van der Waals surface area contributed by atoms with Crippen LogP contribution >= 0.6 is 0 Å². The molecule has 0 aliphatic rings. The fourth-order valence-corrected chi connectivity index (χ4v) is 1.13. The molecule has 0 saturated carbocycles. The monoisotopic (exact) mass is 191 g/mol. The second-order valence-corrected chi connectivity index (χ2v) is 3.05. The van der Waals surface area contributed by atoms with Gasteiger partial charge in [0.15, 0.2) is 5.78 Å². The van der Waals surface area contributed by atoms with Gasteiger partial charge in [0.1, 0.15) is 5.82 Å². The Hall–Kier alpha value is -1.69. The highest BCUT2D eigenvalue weighted by Gasteiger charge is 2.06. The maximum atomic E-state index is 12.9. The molecule has 0 aliphatic heterocycles. The number of carbonyl (C=O) groups is 1. The van der Waals surface area contributed by atoms with Crippen molar-refractivity contribution in [3.05, 3.63) is 35.1 Å². The van der Waals surface area contributed by atoms with Crippen molar-refractivity contribution in [2.24, 2.45) is 0 Å². The number of aryl methyl sites for hydroxylation is 1. The lowest BCUT2D eigenvalue weighted by atomic mass is 10.0. The first-order valence-electron chi connectivity index (χ1n) is 4.31. The van der Waals surface area contributed by atoms with Crippen molar-refractivity contribution in [3.8, 4) is 6.07 Å². The van der Waals surface area contributed by atoms with Gasteiger partial charge in [-0.2, -0.15) is 5.26 Å². The summed E-state index contributed by atoms with van der Waals surface area (Å²) in [5.74, 6) is -0.434. The van der Waals surface area contributed by atoms with Crippen LogP contribution in [0.15, 0.2) is 18.2 Å². The molecule has 0 saturated heterocycles. The molecule has 1 aromatic rings. The highest BCUT2D eigenvalue weighted by molar-refractivity contribution is 5.96. The first-order chi connectivity index (χ1) is 6.65. The molecule has 0 amide bonds. The van der Waals surface area contributed by atoms with E-state index < -0.39 is 0 Å². The van der Waals surface area contributed by atoms with Crippen LogP contribution < -0.4 is 0 Å². The second kappa shape index (κ2) is 4.52. The molecular formula is C11H10FNO. The van der Waals surface area contributed by atoms with Crippen LogP contribution in [-0.2, 0) is 0 Å². The molecule has 14 heavy (non-hydrogen) atoms. The summed E-state index contributed by atoms with van der Waals surface area (Å²) in [6.45, 7) is 1.61. The molecule has 0 atom stereocenters. The van der Waals surface area contributed by atoms with Crippen molar-refractivity contribution in [1.82, 2.24) is 0 Å². The Bertz CT molecular complexity index is 393. The fourth-order valence-electron chi connectivity index (χ4n) is 1.13. The number of benzene rings is 1. The van der Waals surface area contributed by atoms with Crippen LogP contribution in [0.25, 0.3) is 0 Å². The number of hydrogen-bond donors (Lipinski definition) is 0. The Morgan fingerprint density at radius 3 is 2.86 bits per heavy atom. The highest BCUT2D eigenvalue weighted by Crippen LogP contribution is 2.11. The predicted octanol–water partition coefficient (Wildman–Crippen LogP) is 2.62. The summed E-state index contributed by atoms with van der Waals surface area (Å²) >= 11 is 0. The third kappa shape index (κ3) is 2.40. The SMILES string of the molecule is Cc1cc(C(=O)CCC#N)ccc1F. The van der Waals surface area contributed by atoms with Gasteiger partial charge in [0, 0.05) is 18.4 Å². The average Bonchev–Trinajstić information content (AvgIpc) is 2.18. The molecule has 0 heterocycles. The van der Waals surface area contributed by atoms with Gasteiger partial charge in [0.25, 0.3) is 0 Å². The van der Waals surface area contributed by atoms with E-state index in [4.69, 9.17) is 5.26 Å². The van der Waals surface area contributed by atoms with Crippen LogP contribution in [0, 0.1) is 24.1 Å². The number of nitriles is 1. The van der Waals surface area contributed by atoms with Crippen molar-refractivity contribution in [1.29, 1.82) is 5.26 Å². The third-order valence-electron chi connectivity index (χ3n) is 1.94. The molecule has 0 spiro atoms. The van der Waals surface area contributed by atoms with E-state index in [-0.39, 0.29) is 24.4 Å². The molecule has 0 aliphatic carbocycles. The molecule has 0 unspecified atom stereocenters. The zero-order chi connectivity index (χ0) is 10.6. The Morgan fingerprint density at radius 2 is 2.29 bits per heavy atom. The van der Waals surface area contributed by atoms with Crippen LogP contribution in [0.5, 0.6) is 0 Å². The van der Waals surface area contributed by atoms with Crippen LogP contribution in [0.2, 0.25) is 0 Å². The molecule has 3 heteroatoms. The van der Waals surface area contributed by atoms with E-state index in [1.165, 1.54) is 18.2 Å². The van der Waals surface area contributed by atoms with Crippen molar-refractivity contribution < 1.29 is 9.18 Å². The smallest absolute Gasteiger partial charge is 0.163 e. The molecule has 72 valence electrons. The minimum Gasteiger partial charge on any atom is -0.294 e. The largest absolute Gasteiger partial charge is 0.294 e. The number of halogens is 1. The minimum absolute atomic E-state index is 0.116. The van der Waals surface area contributed by atoms with Crippen molar-refractivity contribution in [2.45, 2.75) is 19.8 Å². The van der Waals surface area contributed by atoms with Gasteiger partial charge in [-0.05, 0) is 30.7 Å². The summed E-state index contributed by atoms with van der Waals surface area (Å²) < 4.78 is 12.9. The van der Waals surface area contributed by atoms with E-state index in [0.717, 1.165) is 0 Å². The third-order valence-corrected chi connectivity index (χ3v) is 1.94. The van der Waals surface area contributed by atoms with Crippen LogP contribution in [0.1, 0.15) is 28.8 Å². The molecule has 0 N–H and O–H groups in total. The van der Waals surface area contributed by atoms with Gasteiger partial charge in [-0.1, -0.05) is 0 Å².